The highest BCUT2D eigenvalue weighted by atomic mass is 35.5. The highest BCUT2D eigenvalue weighted by molar-refractivity contribution is 6.31. The van der Waals surface area contributed by atoms with Gasteiger partial charge >= 0.3 is 5.69 Å². The minimum atomic E-state index is -0.419. The first-order chi connectivity index (χ1) is 12.8. The lowest BCUT2D eigenvalue weighted by atomic mass is 10.1. The zero-order chi connectivity index (χ0) is 20.0. The topological polar surface area (TPSA) is 84.2 Å². The quantitative estimate of drug-likeness (QED) is 0.489. The number of nitro groups is 1. The van der Waals surface area contributed by atoms with Crippen LogP contribution in [-0.2, 0) is 6.54 Å². The molecule has 8 heteroatoms. The Kier molecular flexibility index (Phi) is 7.36. The summed E-state index contributed by atoms with van der Waals surface area (Å²) >= 11 is 6.17. The van der Waals surface area contributed by atoms with E-state index in [1.54, 1.807) is 6.07 Å². The van der Waals surface area contributed by atoms with Crippen LogP contribution in [0, 0.1) is 22.0 Å². The van der Waals surface area contributed by atoms with Crippen LogP contribution < -0.4 is 10.2 Å². The molecule has 0 saturated heterocycles. The summed E-state index contributed by atoms with van der Waals surface area (Å²) in [4.78, 5) is 21.7. The van der Waals surface area contributed by atoms with Crippen molar-refractivity contribution in [3.63, 3.8) is 0 Å². The van der Waals surface area contributed by atoms with Gasteiger partial charge in [-0.15, -0.1) is 0 Å². The molecule has 1 aromatic carbocycles. The fourth-order valence-corrected chi connectivity index (χ4v) is 3.05. The van der Waals surface area contributed by atoms with E-state index in [9.17, 15) is 10.1 Å². The molecule has 2 aromatic rings. The molecule has 1 heterocycles. The van der Waals surface area contributed by atoms with Crippen LogP contribution in [0.15, 0.2) is 30.6 Å². The Labute approximate surface area is 164 Å². The number of rotatable bonds is 9. The second-order valence-electron chi connectivity index (χ2n) is 7.29. The van der Waals surface area contributed by atoms with Crippen molar-refractivity contribution < 1.29 is 4.92 Å². The number of hydrogen-bond donors (Lipinski definition) is 1. The molecule has 2 rings (SSSR count). The van der Waals surface area contributed by atoms with Crippen LogP contribution in [0.25, 0.3) is 0 Å². The van der Waals surface area contributed by atoms with E-state index in [-0.39, 0.29) is 11.5 Å². The second kappa shape index (κ2) is 9.50. The van der Waals surface area contributed by atoms with Gasteiger partial charge < -0.3 is 10.2 Å². The van der Waals surface area contributed by atoms with Crippen molar-refractivity contribution in [3.05, 3.63) is 51.3 Å². The van der Waals surface area contributed by atoms with E-state index in [0.29, 0.717) is 42.3 Å². The van der Waals surface area contributed by atoms with Gasteiger partial charge in [0.25, 0.3) is 0 Å². The van der Waals surface area contributed by atoms with Crippen molar-refractivity contribution in [1.29, 1.82) is 0 Å². The van der Waals surface area contributed by atoms with Gasteiger partial charge in [-0.3, -0.25) is 10.1 Å². The third kappa shape index (κ3) is 5.79. The van der Waals surface area contributed by atoms with Crippen molar-refractivity contribution in [2.24, 2.45) is 11.8 Å². The van der Waals surface area contributed by atoms with Gasteiger partial charge in [-0.25, -0.2) is 9.97 Å². The zero-order valence-electron chi connectivity index (χ0n) is 16.1. The van der Waals surface area contributed by atoms with Gasteiger partial charge in [0.05, 0.1) is 4.92 Å². The summed E-state index contributed by atoms with van der Waals surface area (Å²) in [5.41, 5.74) is 0.737. The van der Waals surface area contributed by atoms with E-state index in [1.807, 2.05) is 23.1 Å². The van der Waals surface area contributed by atoms with Crippen LogP contribution in [0.3, 0.4) is 0 Å². The molecule has 27 heavy (non-hydrogen) atoms. The Morgan fingerprint density at radius 1 is 1.15 bits per heavy atom. The summed E-state index contributed by atoms with van der Waals surface area (Å²) in [5, 5.41) is 15.5. The first-order valence-electron chi connectivity index (χ1n) is 9.01. The van der Waals surface area contributed by atoms with Gasteiger partial charge in [0.1, 0.15) is 6.33 Å². The van der Waals surface area contributed by atoms with Gasteiger partial charge in [0, 0.05) is 24.7 Å². The maximum atomic E-state index is 11.8. The Balaban J connectivity index is 2.37. The van der Waals surface area contributed by atoms with Crippen LogP contribution >= 0.6 is 11.6 Å². The van der Waals surface area contributed by atoms with E-state index in [2.05, 4.69) is 43.0 Å². The summed E-state index contributed by atoms with van der Waals surface area (Å²) in [7, 11) is 0. The summed E-state index contributed by atoms with van der Waals surface area (Å²) in [6.07, 6.45) is 1.37. The molecule has 0 bridgehead atoms. The average Bonchev–Trinajstić information content (AvgIpc) is 2.59. The molecular formula is C19H26ClN5O2. The highest BCUT2D eigenvalue weighted by Gasteiger charge is 2.27. The molecule has 0 unspecified atom stereocenters. The second-order valence-corrected chi connectivity index (χ2v) is 7.70. The molecule has 0 atom stereocenters. The van der Waals surface area contributed by atoms with Crippen molar-refractivity contribution in [2.75, 3.05) is 23.3 Å². The number of nitrogens with zero attached hydrogens (tertiary/aromatic N) is 4. The maximum Gasteiger partial charge on any atom is 0.353 e. The molecule has 0 aliphatic rings. The number of hydrogen-bond acceptors (Lipinski definition) is 6. The molecule has 0 saturated carbocycles. The van der Waals surface area contributed by atoms with E-state index >= 15 is 0 Å². The lowest BCUT2D eigenvalue weighted by molar-refractivity contribution is -0.383. The van der Waals surface area contributed by atoms with E-state index < -0.39 is 4.92 Å². The van der Waals surface area contributed by atoms with Crippen molar-refractivity contribution in [1.82, 2.24) is 9.97 Å². The molecule has 0 aliphatic carbocycles. The Morgan fingerprint density at radius 2 is 1.78 bits per heavy atom. The molecule has 0 radical (unpaired) electrons. The average molecular weight is 392 g/mol. The van der Waals surface area contributed by atoms with Gasteiger partial charge in [0.15, 0.2) is 0 Å². The Hall–Kier alpha value is -2.41. The van der Waals surface area contributed by atoms with Crippen molar-refractivity contribution >= 4 is 28.9 Å². The first-order valence-corrected chi connectivity index (χ1v) is 9.39. The van der Waals surface area contributed by atoms with Gasteiger partial charge in [-0.2, -0.15) is 0 Å². The molecule has 0 spiro atoms. The first kappa shape index (κ1) is 20.9. The van der Waals surface area contributed by atoms with Crippen LogP contribution in [0.2, 0.25) is 5.02 Å². The summed E-state index contributed by atoms with van der Waals surface area (Å²) in [5.74, 6) is 1.23. The molecule has 0 amide bonds. The number of anilines is 2. The van der Waals surface area contributed by atoms with E-state index in [4.69, 9.17) is 11.6 Å². The number of aromatic nitrogens is 2. The Bertz CT molecular complexity index is 772. The zero-order valence-corrected chi connectivity index (χ0v) is 16.9. The molecule has 0 aliphatic heterocycles. The maximum absolute atomic E-state index is 11.8. The van der Waals surface area contributed by atoms with Crippen molar-refractivity contribution in [2.45, 2.75) is 34.2 Å². The lowest BCUT2D eigenvalue weighted by Crippen LogP contribution is -2.32. The molecule has 1 N–H and O–H groups in total. The standard InChI is InChI=1S/C19H26ClN5O2/c1-13(2)10-24(11-14(3)4)19-17(25(26)27)18(22-12-23-19)21-9-15-7-5-6-8-16(15)20/h5-8,12-14H,9-11H2,1-4H3,(H,21,22,23). The molecule has 1 aromatic heterocycles. The monoisotopic (exact) mass is 391 g/mol. The minimum absolute atomic E-state index is 0.106. The predicted octanol–water partition coefficient (Wildman–Crippen LogP) is 4.77. The fourth-order valence-electron chi connectivity index (χ4n) is 2.85. The third-order valence-corrected chi connectivity index (χ3v) is 4.23. The molecule has 7 nitrogen and oxygen atoms in total. The SMILES string of the molecule is CC(C)CN(CC(C)C)c1ncnc(NCc2ccccc2Cl)c1[N+](=O)[O-]. The smallest absolute Gasteiger partial charge is 0.353 e. The van der Waals surface area contributed by atoms with Crippen LogP contribution in [-0.4, -0.2) is 28.0 Å². The van der Waals surface area contributed by atoms with Crippen LogP contribution in [0.1, 0.15) is 33.3 Å². The summed E-state index contributed by atoms with van der Waals surface area (Å²) in [6.45, 7) is 10.0. The van der Waals surface area contributed by atoms with Gasteiger partial charge in [-0.05, 0) is 23.5 Å². The highest BCUT2D eigenvalue weighted by Crippen LogP contribution is 2.33. The van der Waals surface area contributed by atoms with Crippen LogP contribution in [0.5, 0.6) is 0 Å². The number of benzene rings is 1. The largest absolute Gasteiger partial charge is 0.360 e. The predicted molar refractivity (Wildman–Crippen MR) is 109 cm³/mol. The summed E-state index contributed by atoms with van der Waals surface area (Å²) < 4.78 is 0. The number of nitrogens with one attached hydrogen (secondary N) is 1. The summed E-state index contributed by atoms with van der Waals surface area (Å²) in [6, 6.07) is 7.36. The molecular weight excluding hydrogens is 366 g/mol. The molecule has 146 valence electrons. The van der Waals surface area contributed by atoms with Crippen molar-refractivity contribution in [3.8, 4) is 0 Å². The van der Waals surface area contributed by atoms with E-state index in [0.717, 1.165) is 5.56 Å². The third-order valence-electron chi connectivity index (χ3n) is 3.86. The van der Waals surface area contributed by atoms with Crippen LogP contribution in [0.4, 0.5) is 17.3 Å². The Morgan fingerprint density at radius 3 is 2.33 bits per heavy atom. The van der Waals surface area contributed by atoms with Gasteiger partial charge in [-0.1, -0.05) is 57.5 Å². The fraction of sp³-hybridized carbons (Fsp3) is 0.474. The normalized spacial score (nSPS) is 11.1. The molecule has 0 fully saturated rings. The lowest BCUT2D eigenvalue weighted by Gasteiger charge is -2.27. The number of halogens is 1. The van der Waals surface area contributed by atoms with E-state index in [1.165, 1.54) is 6.33 Å². The van der Waals surface area contributed by atoms with Gasteiger partial charge in [0.2, 0.25) is 11.6 Å². The minimum Gasteiger partial charge on any atom is -0.360 e.